The highest BCUT2D eigenvalue weighted by molar-refractivity contribution is 9.10. The summed E-state index contributed by atoms with van der Waals surface area (Å²) in [5.74, 6) is -1.24. The van der Waals surface area contributed by atoms with Gasteiger partial charge >= 0.3 is 0 Å². The van der Waals surface area contributed by atoms with Gasteiger partial charge in [0.1, 0.15) is 11.0 Å². The number of nitrogens with two attached hydrogens (primary N) is 1. The quantitative estimate of drug-likeness (QED) is 0.204. The van der Waals surface area contributed by atoms with Crippen LogP contribution in [-0.2, 0) is 22.0 Å². The van der Waals surface area contributed by atoms with Gasteiger partial charge in [-0.25, -0.2) is 17.2 Å². The first-order valence-electron chi connectivity index (χ1n) is 9.67. The van der Waals surface area contributed by atoms with Crippen LogP contribution in [0.4, 0.5) is 8.78 Å². The number of hydrogen-bond donors (Lipinski definition) is 1. The minimum absolute atomic E-state index is 0.00219. The molecular formula is C22H26Br2Cl2F2N2O3S2. The Morgan fingerprint density at radius 1 is 0.857 bits per heavy atom. The summed E-state index contributed by atoms with van der Waals surface area (Å²) < 4.78 is 52.8. The lowest BCUT2D eigenvalue weighted by molar-refractivity contribution is 0.111. The number of halogens is 6. The Labute approximate surface area is 236 Å². The molecule has 196 valence electrons. The molecule has 2 aromatic rings. The average molecular weight is 699 g/mol. The van der Waals surface area contributed by atoms with E-state index >= 15 is 0 Å². The van der Waals surface area contributed by atoms with Crippen LogP contribution < -0.4 is 5.14 Å². The molecule has 0 saturated carbocycles. The fraction of sp³-hybridized carbons (Fsp3) is 0.364. The van der Waals surface area contributed by atoms with Crippen molar-refractivity contribution in [1.29, 1.82) is 0 Å². The Bertz CT molecular complexity index is 1120. The third-order valence-corrected chi connectivity index (χ3v) is 7.60. The molecule has 0 aromatic heterocycles. The van der Waals surface area contributed by atoms with Crippen LogP contribution >= 0.6 is 55.1 Å². The van der Waals surface area contributed by atoms with E-state index in [9.17, 15) is 22.0 Å². The molecule has 0 unspecified atom stereocenters. The molecule has 5 nitrogen and oxygen atoms in total. The van der Waals surface area contributed by atoms with Gasteiger partial charge in [0.15, 0.2) is 17.9 Å². The van der Waals surface area contributed by atoms with Gasteiger partial charge in [0, 0.05) is 20.7 Å². The predicted octanol–water partition coefficient (Wildman–Crippen LogP) is 7.58. The lowest BCUT2D eigenvalue weighted by Crippen LogP contribution is -2.27. The molecule has 2 rings (SSSR count). The van der Waals surface area contributed by atoms with Crippen LogP contribution in [0.3, 0.4) is 0 Å². The van der Waals surface area contributed by atoms with E-state index in [0.29, 0.717) is 15.2 Å². The first kappa shape index (κ1) is 34.4. The largest absolute Gasteiger partial charge is 0.298 e. The predicted molar refractivity (Wildman–Crippen MR) is 151 cm³/mol. The highest BCUT2D eigenvalue weighted by Gasteiger charge is 2.18. The molecule has 0 saturated heterocycles. The Morgan fingerprint density at radius 2 is 1.23 bits per heavy atom. The number of carbonyl (C=O) groups is 1. The summed E-state index contributed by atoms with van der Waals surface area (Å²) in [6.07, 6.45) is 1.67. The Morgan fingerprint density at radius 3 is 1.57 bits per heavy atom. The minimum Gasteiger partial charge on any atom is -0.298 e. The summed E-state index contributed by atoms with van der Waals surface area (Å²) in [7, 11) is -2.60. The lowest BCUT2D eigenvalue weighted by Gasteiger charge is -2.12. The van der Waals surface area contributed by atoms with Crippen LogP contribution in [-0.4, -0.2) is 30.4 Å². The van der Waals surface area contributed by atoms with Crippen molar-refractivity contribution in [2.45, 2.75) is 51.0 Å². The summed E-state index contributed by atoms with van der Waals surface area (Å²) in [6.45, 7) is 10.9. The van der Waals surface area contributed by atoms with E-state index in [2.05, 4.69) is 36.3 Å². The van der Waals surface area contributed by atoms with Crippen LogP contribution in [0, 0.1) is 11.6 Å². The first-order chi connectivity index (χ1) is 15.8. The summed E-state index contributed by atoms with van der Waals surface area (Å²) in [5.41, 5.74) is 0.173. The number of rotatable bonds is 3. The molecule has 13 heteroatoms. The first-order valence-corrected chi connectivity index (χ1v) is 14.3. The second-order valence-electron chi connectivity index (χ2n) is 8.71. The van der Waals surface area contributed by atoms with Crippen molar-refractivity contribution >= 4 is 89.5 Å². The van der Waals surface area contributed by atoms with Gasteiger partial charge in [0.2, 0.25) is 0 Å². The fourth-order valence-corrected chi connectivity index (χ4v) is 3.79. The van der Waals surface area contributed by atoms with E-state index in [1.807, 2.05) is 20.8 Å². The van der Waals surface area contributed by atoms with Gasteiger partial charge in [-0.1, -0.05) is 55.1 Å². The Kier molecular flexibility index (Phi) is 14.8. The molecular weight excluding hydrogens is 673 g/mol. The van der Waals surface area contributed by atoms with E-state index < -0.39 is 38.4 Å². The molecule has 2 atom stereocenters. The number of hydrogen-bond acceptors (Lipinski definition) is 3. The number of carbonyl (C=O) groups excluding carboxylic acids is 1. The van der Waals surface area contributed by atoms with Gasteiger partial charge in [-0.2, -0.15) is 4.40 Å². The zero-order valence-corrected chi connectivity index (χ0v) is 26.1. The van der Waals surface area contributed by atoms with Gasteiger partial charge < -0.3 is 0 Å². The van der Waals surface area contributed by atoms with Gasteiger partial charge in [0.25, 0.3) is 0 Å². The van der Waals surface area contributed by atoms with Crippen molar-refractivity contribution in [3.8, 4) is 0 Å². The van der Waals surface area contributed by atoms with Gasteiger partial charge in [0.05, 0.1) is 36.1 Å². The molecule has 0 radical (unpaired) electrons. The monoisotopic (exact) mass is 696 g/mol. The Hall–Kier alpha value is -0.560. The molecule has 0 heterocycles. The van der Waals surface area contributed by atoms with Gasteiger partial charge in [-0.15, -0.1) is 0 Å². The highest BCUT2D eigenvalue weighted by atomic mass is 79.9. The summed E-state index contributed by atoms with van der Waals surface area (Å²) >= 11 is 17.4. The number of benzene rings is 2. The van der Waals surface area contributed by atoms with E-state index in [-0.39, 0.29) is 25.9 Å². The molecule has 0 aliphatic carbocycles. The average Bonchev–Trinajstić information content (AvgIpc) is 2.71. The molecule has 2 aromatic carbocycles. The van der Waals surface area contributed by atoms with Crippen molar-refractivity contribution in [2.24, 2.45) is 9.54 Å². The molecule has 35 heavy (non-hydrogen) atoms. The normalized spacial score (nSPS) is 13.3. The minimum atomic E-state index is -1.41. The summed E-state index contributed by atoms with van der Waals surface area (Å²) in [4.78, 5) is 10.2. The summed E-state index contributed by atoms with van der Waals surface area (Å²) in [6, 6.07) is 5.75. The van der Waals surface area contributed by atoms with E-state index in [4.69, 9.17) is 28.3 Å². The van der Waals surface area contributed by atoms with Crippen LogP contribution in [0.15, 0.2) is 37.6 Å². The molecule has 0 amide bonds. The maximum atomic E-state index is 13.6. The smallest absolute Gasteiger partial charge is 0.153 e. The van der Waals surface area contributed by atoms with Crippen LogP contribution in [0.2, 0.25) is 10.0 Å². The number of nitrogens with zero attached hydrogens (tertiary/aromatic N) is 1. The van der Waals surface area contributed by atoms with Crippen LogP contribution in [0.1, 0.15) is 57.5 Å². The van der Waals surface area contributed by atoms with Crippen molar-refractivity contribution in [1.82, 2.24) is 0 Å². The second kappa shape index (κ2) is 15.0. The molecule has 0 fully saturated rings. The van der Waals surface area contributed by atoms with Crippen molar-refractivity contribution in [3.63, 3.8) is 0 Å². The molecule has 0 spiro atoms. The Balaban J connectivity index is 0.000000550. The standard InChI is InChI=1S/C11H12BrClFNOS.C7H3BrClFO.C4H11NOS/c1-11(2,3)17(16)15-6-7-4-8(12)5-9(13)10(7)14;8-5-1-4(3-11)7(10)6(9)2-5;1-4(2,3)7(5)6/h4-6H,1-3H3;1-3H;5H2,1-3H3/t17-;;7-/m1.1/s1. The molecule has 0 aliphatic rings. The van der Waals surface area contributed by atoms with E-state index in [0.717, 1.165) is 0 Å². The van der Waals surface area contributed by atoms with Gasteiger partial charge in [-0.3, -0.25) is 9.93 Å². The van der Waals surface area contributed by atoms with Gasteiger partial charge in [-0.05, 0) is 65.8 Å². The maximum absolute atomic E-state index is 13.6. The molecule has 0 bridgehead atoms. The van der Waals surface area contributed by atoms with Crippen molar-refractivity contribution in [2.75, 3.05) is 0 Å². The highest BCUT2D eigenvalue weighted by Crippen LogP contribution is 2.24. The number of aldehydes is 1. The van der Waals surface area contributed by atoms with Crippen LogP contribution in [0.25, 0.3) is 0 Å². The zero-order chi connectivity index (χ0) is 27.7. The van der Waals surface area contributed by atoms with Crippen molar-refractivity contribution < 1.29 is 22.0 Å². The van der Waals surface area contributed by atoms with E-state index in [1.54, 1.807) is 20.8 Å². The third-order valence-electron chi connectivity index (χ3n) is 3.58. The fourth-order valence-electron chi connectivity index (χ4n) is 1.59. The SMILES string of the molecule is CC(C)(C)[S@@](=O)N=Cc1cc(Br)cc(Cl)c1F.CC(C)(C)[S@](N)=O.O=Cc1cc(Br)cc(Cl)c1F. The van der Waals surface area contributed by atoms with Crippen molar-refractivity contribution in [3.05, 3.63) is 66.0 Å². The maximum Gasteiger partial charge on any atom is 0.153 e. The van der Waals surface area contributed by atoms with Crippen LogP contribution in [0.5, 0.6) is 0 Å². The lowest BCUT2D eigenvalue weighted by atomic mass is 10.2. The second-order valence-corrected chi connectivity index (χ2v) is 15.1. The molecule has 0 aliphatic heterocycles. The zero-order valence-electron chi connectivity index (χ0n) is 19.8. The van der Waals surface area contributed by atoms with E-state index in [1.165, 1.54) is 30.5 Å². The molecule has 2 N–H and O–H groups in total. The summed E-state index contributed by atoms with van der Waals surface area (Å²) in [5, 5.41) is 4.99. The topological polar surface area (TPSA) is 89.6 Å². The third kappa shape index (κ3) is 13.0.